The van der Waals surface area contributed by atoms with Crippen LogP contribution in [0.4, 0.5) is 5.82 Å². The largest absolute Gasteiger partial charge is 0.311 e. The highest BCUT2D eigenvalue weighted by molar-refractivity contribution is 9.10. The van der Waals surface area contributed by atoms with Gasteiger partial charge in [0.15, 0.2) is 0 Å². The Morgan fingerprint density at radius 1 is 1.42 bits per heavy atom. The Morgan fingerprint density at radius 3 is 3.04 bits per heavy atom. The van der Waals surface area contributed by atoms with E-state index in [0.717, 1.165) is 26.6 Å². The Kier molecular flexibility index (Phi) is 4.91. The molecule has 1 fully saturated rings. The van der Waals surface area contributed by atoms with Crippen molar-refractivity contribution in [1.29, 1.82) is 0 Å². The third kappa shape index (κ3) is 3.88. The van der Waals surface area contributed by atoms with Gasteiger partial charge in [0, 0.05) is 21.5 Å². The van der Waals surface area contributed by atoms with Gasteiger partial charge in [0.2, 0.25) is 5.91 Å². The second-order valence-corrected chi connectivity index (χ2v) is 8.39. The van der Waals surface area contributed by atoms with Gasteiger partial charge >= 0.3 is 0 Å². The molecule has 0 bridgehead atoms. The third-order valence-corrected chi connectivity index (χ3v) is 6.03. The Labute approximate surface area is 164 Å². The predicted molar refractivity (Wildman–Crippen MR) is 107 cm³/mol. The van der Waals surface area contributed by atoms with Crippen LogP contribution in [0.5, 0.6) is 0 Å². The van der Waals surface area contributed by atoms with E-state index in [1.807, 2.05) is 40.4 Å². The normalized spacial score (nSPS) is 15.0. The molecule has 134 valence electrons. The van der Waals surface area contributed by atoms with E-state index in [1.165, 1.54) is 12.8 Å². The molecule has 3 aromatic rings. The van der Waals surface area contributed by atoms with Crippen molar-refractivity contribution in [1.82, 2.24) is 14.8 Å². The van der Waals surface area contributed by atoms with Gasteiger partial charge in [0.25, 0.3) is 0 Å². The highest BCUT2D eigenvalue weighted by Crippen LogP contribution is 2.40. The summed E-state index contributed by atoms with van der Waals surface area (Å²) in [6.07, 6.45) is 4.48. The minimum Gasteiger partial charge on any atom is -0.311 e. The lowest BCUT2D eigenvalue weighted by Crippen LogP contribution is -2.19. The molecule has 0 spiro atoms. The monoisotopic (exact) mass is 430 g/mol. The standard InChI is InChI=1S/C19H19BrN4OS/c1-12(13-5-6-13)24-17(7-8-21-24)23-18(25)10-16-11-26-19(22-16)14-3-2-4-15(20)9-14/h2-4,7-9,11-13H,5-6,10H2,1H3,(H,23,25). The fourth-order valence-electron chi connectivity index (χ4n) is 3.01. The summed E-state index contributed by atoms with van der Waals surface area (Å²) in [5, 5.41) is 10.2. The molecule has 26 heavy (non-hydrogen) atoms. The number of aromatic nitrogens is 3. The zero-order valence-corrected chi connectivity index (χ0v) is 16.8. The molecular formula is C19H19BrN4OS. The Balaban J connectivity index is 1.42. The zero-order valence-electron chi connectivity index (χ0n) is 14.4. The van der Waals surface area contributed by atoms with Crippen molar-refractivity contribution in [3.63, 3.8) is 0 Å². The van der Waals surface area contributed by atoms with Crippen LogP contribution in [0.25, 0.3) is 10.6 Å². The van der Waals surface area contributed by atoms with E-state index in [2.05, 4.69) is 38.3 Å². The van der Waals surface area contributed by atoms with Crippen LogP contribution < -0.4 is 5.32 Å². The summed E-state index contributed by atoms with van der Waals surface area (Å²) in [6, 6.07) is 10.2. The Morgan fingerprint density at radius 2 is 2.27 bits per heavy atom. The first kappa shape index (κ1) is 17.4. The number of rotatable bonds is 6. The van der Waals surface area contributed by atoms with Crippen LogP contribution in [0, 0.1) is 5.92 Å². The summed E-state index contributed by atoms with van der Waals surface area (Å²) in [5.74, 6) is 1.37. The highest BCUT2D eigenvalue weighted by Gasteiger charge is 2.30. The second-order valence-electron chi connectivity index (χ2n) is 6.62. The van der Waals surface area contributed by atoms with Crippen LogP contribution >= 0.6 is 27.3 Å². The molecular weight excluding hydrogens is 412 g/mol. The molecule has 0 saturated heterocycles. The molecule has 1 saturated carbocycles. The van der Waals surface area contributed by atoms with Gasteiger partial charge in [-0.1, -0.05) is 28.1 Å². The van der Waals surface area contributed by atoms with Gasteiger partial charge < -0.3 is 5.32 Å². The van der Waals surface area contributed by atoms with Gasteiger partial charge in [0.05, 0.1) is 24.4 Å². The lowest BCUT2D eigenvalue weighted by molar-refractivity contribution is -0.115. The van der Waals surface area contributed by atoms with Crippen LogP contribution in [0.2, 0.25) is 0 Å². The van der Waals surface area contributed by atoms with Crippen molar-refractivity contribution in [2.45, 2.75) is 32.2 Å². The van der Waals surface area contributed by atoms with E-state index in [1.54, 1.807) is 17.5 Å². The van der Waals surface area contributed by atoms with E-state index in [0.29, 0.717) is 12.0 Å². The summed E-state index contributed by atoms with van der Waals surface area (Å²) < 4.78 is 2.94. The molecule has 1 aromatic carbocycles. The quantitative estimate of drug-likeness (QED) is 0.603. The number of benzene rings is 1. The van der Waals surface area contributed by atoms with E-state index < -0.39 is 0 Å². The van der Waals surface area contributed by atoms with Crippen molar-refractivity contribution in [3.8, 4) is 10.6 Å². The van der Waals surface area contributed by atoms with Crippen LogP contribution in [0.3, 0.4) is 0 Å². The molecule has 1 unspecified atom stereocenters. The fraction of sp³-hybridized carbons (Fsp3) is 0.316. The number of hydrogen-bond donors (Lipinski definition) is 1. The fourth-order valence-corrected chi connectivity index (χ4v) is 4.23. The van der Waals surface area contributed by atoms with Crippen LogP contribution in [-0.4, -0.2) is 20.7 Å². The number of halogens is 1. The number of amides is 1. The lowest BCUT2D eigenvalue weighted by Gasteiger charge is -2.15. The van der Waals surface area contributed by atoms with Gasteiger partial charge in [-0.3, -0.25) is 4.79 Å². The number of hydrogen-bond acceptors (Lipinski definition) is 4. The van der Waals surface area contributed by atoms with Crippen LogP contribution in [0.15, 0.2) is 46.4 Å². The molecule has 5 nitrogen and oxygen atoms in total. The van der Waals surface area contributed by atoms with Crippen molar-refractivity contribution in [3.05, 3.63) is 52.1 Å². The van der Waals surface area contributed by atoms with E-state index in [-0.39, 0.29) is 12.3 Å². The first-order valence-electron chi connectivity index (χ1n) is 8.64. The summed E-state index contributed by atoms with van der Waals surface area (Å²) >= 11 is 5.03. The molecule has 0 aliphatic heterocycles. The number of anilines is 1. The van der Waals surface area contributed by atoms with Crippen molar-refractivity contribution >= 4 is 39.0 Å². The first-order chi connectivity index (χ1) is 12.6. The number of carbonyl (C=O) groups is 1. The Bertz CT molecular complexity index is 931. The average molecular weight is 431 g/mol. The van der Waals surface area contributed by atoms with Gasteiger partial charge in [0.1, 0.15) is 10.8 Å². The molecule has 1 N–H and O–H groups in total. The average Bonchev–Trinajstić information content (AvgIpc) is 3.20. The van der Waals surface area contributed by atoms with E-state index in [9.17, 15) is 4.79 Å². The molecule has 1 aliphatic rings. The molecule has 4 rings (SSSR count). The minimum absolute atomic E-state index is 0.0687. The van der Waals surface area contributed by atoms with Crippen LogP contribution in [0.1, 0.15) is 31.5 Å². The Hall–Kier alpha value is -1.99. The summed E-state index contributed by atoms with van der Waals surface area (Å²) in [7, 11) is 0. The summed E-state index contributed by atoms with van der Waals surface area (Å²) in [6.45, 7) is 2.16. The van der Waals surface area contributed by atoms with Crippen molar-refractivity contribution in [2.24, 2.45) is 5.92 Å². The lowest BCUT2D eigenvalue weighted by atomic mass is 10.2. The first-order valence-corrected chi connectivity index (χ1v) is 10.3. The smallest absolute Gasteiger partial charge is 0.231 e. The molecule has 1 aliphatic carbocycles. The molecule has 7 heteroatoms. The third-order valence-electron chi connectivity index (χ3n) is 4.59. The van der Waals surface area contributed by atoms with Crippen molar-refractivity contribution in [2.75, 3.05) is 5.32 Å². The minimum atomic E-state index is -0.0687. The van der Waals surface area contributed by atoms with Gasteiger partial charge in [-0.25, -0.2) is 9.67 Å². The maximum absolute atomic E-state index is 12.4. The molecule has 2 heterocycles. The number of carbonyl (C=O) groups excluding carboxylic acids is 1. The predicted octanol–water partition coefficient (Wildman–Crippen LogP) is 4.92. The molecule has 1 atom stereocenters. The molecule has 1 amide bonds. The van der Waals surface area contributed by atoms with Gasteiger partial charge in [-0.2, -0.15) is 5.10 Å². The van der Waals surface area contributed by atoms with Gasteiger partial charge in [-0.15, -0.1) is 11.3 Å². The zero-order chi connectivity index (χ0) is 18.1. The maximum atomic E-state index is 12.4. The van der Waals surface area contributed by atoms with Crippen LogP contribution in [-0.2, 0) is 11.2 Å². The van der Waals surface area contributed by atoms with Crippen molar-refractivity contribution < 1.29 is 4.79 Å². The maximum Gasteiger partial charge on any atom is 0.231 e. The second kappa shape index (κ2) is 7.32. The van der Waals surface area contributed by atoms with E-state index in [4.69, 9.17) is 0 Å². The SMILES string of the molecule is CC(C1CC1)n1nccc1NC(=O)Cc1csc(-c2cccc(Br)c2)n1. The van der Waals surface area contributed by atoms with Gasteiger partial charge in [-0.05, 0) is 37.8 Å². The molecule has 2 aromatic heterocycles. The topological polar surface area (TPSA) is 59.8 Å². The number of nitrogens with zero attached hydrogens (tertiary/aromatic N) is 3. The number of thiazole rings is 1. The van der Waals surface area contributed by atoms with E-state index >= 15 is 0 Å². The summed E-state index contributed by atoms with van der Waals surface area (Å²) in [4.78, 5) is 17.0. The summed E-state index contributed by atoms with van der Waals surface area (Å²) in [5.41, 5.74) is 1.83. The number of nitrogens with one attached hydrogen (secondary N) is 1. The highest BCUT2D eigenvalue weighted by atomic mass is 79.9. The molecule has 0 radical (unpaired) electrons.